The summed E-state index contributed by atoms with van der Waals surface area (Å²) in [7, 11) is 0. The van der Waals surface area contributed by atoms with Crippen LogP contribution in [-0.2, 0) is 9.53 Å². The minimum Gasteiger partial charge on any atom is -0.372 e. The molecule has 0 unspecified atom stereocenters. The fraction of sp³-hybridized carbons (Fsp3) is 0.300. The summed E-state index contributed by atoms with van der Waals surface area (Å²) in [6, 6.07) is 3.97. The maximum absolute atomic E-state index is 11.3. The van der Waals surface area contributed by atoms with Gasteiger partial charge in [-0.15, -0.1) is 0 Å². The molecule has 6 nitrogen and oxygen atoms in total. The first-order valence-electron chi connectivity index (χ1n) is 4.86. The lowest BCUT2D eigenvalue weighted by atomic mass is 10.3. The van der Waals surface area contributed by atoms with E-state index >= 15 is 0 Å². The number of nitro groups is 1. The molecule has 0 saturated carbocycles. The molecular weight excluding hydrogens is 248 g/mol. The molecule has 1 N–H and O–H groups in total. The molecule has 1 aromatic rings. The zero-order valence-electron chi connectivity index (χ0n) is 9.10. The third-order valence-electron chi connectivity index (χ3n) is 1.87. The lowest BCUT2D eigenvalue weighted by molar-refractivity contribution is -0.384. The summed E-state index contributed by atoms with van der Waals surface area (Å²) >= 11 is 5.69. The largest absolute Gasteiger partial charge is 0.372 e. The molecule has 0 aromatic heterocycles. The number of ether oxygens (including phenoxy) is 1. The minimum atomic E-state index is -0.589. The number of amides is 1. The molecule has 0 saturated heterocycles. The Balaban J connectivity index is 2.70. The molecule has 0 bridgehead atoms. The van der Waals surface area contributed by atoms with Crippen LogP contribution in [0.4, 0.5) is 11.4 Å². The lowest BCUT2D eigenvalue weighted by Crippen LogP contribution is -2.18. The molecule has 0 aliphatic rings. The first-order chi connectivity index (χ1) is 8.04. The molecule has 1 rings (SSSR count). The monoisotopic (exact) mass is 258 g/mol. The third kappa shape index (κ3) is 4.01. The van der Waals surface area contributed by atoms with Gasteiger partial charge in [0.25, 0.3) is 5.69 Å². The van der Waals surface area contributed by atoms with E-state index in [0.29, 0.717) is 12.3 Å². The Morgan fingerprint density at radius 2 is 2.29 bits per heavy atom. The van der Waals surface area contributed by atoms with E-state index in [1.807, 2.05) is 0 Å². The van der Waals surface area contributed by atoms with Crippen LogP contribution in [0.25, 0.3) is 0 Å². The summed E-state index contributed by atoms with van der Waals surface area (Å²) in [5.41, 5.74) is 0.194. The number of nitro benzene ring substituents is 1. The van der Waals surface area contributed by atoms with Gasteiger partial charge in [0.05, 0.1) is 4.92 Å². The van der Waals surface area contributed by atoms with Crippen LogP contribution < -0.4 is 5.32 Å². The maximum Gasteiger partial charge on any atom is 0.288 e. The quantitative estimate of drug-likeness (QED) is 0.648. The van der Waals surface area contributed by atoms with Crippen molar-refractivity contribution in [1.82, 2.24) is 0 Å². The van der Waals surface area contributed by atoms with Gasteiger partial charge < -0.3 is 10.1 Å². The second-order valence-electron chi connectivity index (χ2n) is 3.11. The minimum absolute atomic E-state index is 0.0239. The van der Waals surface area contributed by atoms with Crippen molar-refractivity contribution in [3.05, 3.63) is 33.3 Å². The molecule has 0 radical (unpaired) electrons. The zero-order valence-corrected chi connectivity index (χ0v) is 9.86. The Hall–Kier alpha value is -1.66. The van der Waals surface area contributed by atoms with Gasteiger partial charge in [0.15, 0.2) is 0 Å². The van der Waals surface area contributed by atoms with Crippen molar-refractivity contribution < 1.29 is 14.5 Å². The van der Waals surface area contributed by atoms with E-state index in [0.717, 1.165) is 0 Å². The second-order valence-corrected chi connectivity index (χ2v) is 3.52. The van der Waals surface area contributed by atoms with Crippen molar-refractivity contribution in [2.75, 3.05) is 18.5 Å². The topological polar surface area (TPSA) is 81.5 Å². The number of anilines is 1. The molecular formula is C10H11ClN2O4. The molecule has 7 heteroatoms. The molecule has 17 heavy (non-hydrogen) atoms. The second kappa shape index (κ2) is 6.17. The molecule has 92 valence electrons. The van der Waals surface area contributed by atoms with Crippen LogP contribution in [0, 0.1) is 10.1 Å². The number of nitrogens with zero attached hydrogens (tertiary/aromatic N) is 1. The Kier molecular flexibility index (Phi) is 4.86. The number of rotatable bonds is 5. The van der Waals surface area contributed by atoms with Crippen LogP contribution in [0.2, 0.25) is 5.02 Å². The van der Waals surface area contributed by atoms with Gasteiger partial charge in [-0.05, 0) is 19.1 Å². The van der Waals surface area contributed by atoms with Gasteiger partial charge in [-0.2, -0.15) is 0 Å². The van der Waals surface area contributed by atoms with Crippen LogP contribution in [0.5, 0.6) is 0 Å². The zero-order chi connectivity index (χ0) is 12.8. The summed E-state index contributed by atoms with van der Waals surface area (Å²) in [4.78, 5) is 21.2. The van der Waals surface area contributed by atoms with Crippen molar-refractivity contribution >= 4 is 28.9 Å². The summed E-state index contributed by atoms with van der Waals surface area (Å²) in [6.07, 6.45) is 0. The van der Waals surface area contributed by atoms with Crippen LogP contribution >= 0.6 is 11.6 Å². The average molecular weight is 259 g/mol. The van der Waals surface area contributed by atoms with Gasteiger partial charge in [-0.1, -0.05) is 11.6 Å². The molecule has 0 atom stereocenters. The standard InChI is InChI=1S/C10H11ClN2O4/c1-2-17-6-10(14)12-7-3-4-9(13(15)16)8(11)5-7/h3-5H,2,6H2,1H3,(H,12,14). The average Bonchev–Trinajstić information content (AvgIpc) is 2.26. The molecule has 0 heterocycles. The number of hydrogen-bond acceptors (Lipinski definition) is 4. The van der Waals surface area contributed by atoms with Gasteiger partial charge in [0.2, 0.25) is 5.91 Å². The highest BCUT2D eigenvalue weighted by Crippen LogP contribution is 2.27. The van der Waals surface area contributed by atoms with Gasteiger partial charge in [-0.3, -0.25) is 14.9 Å². The number of nitrogens with one attached hydrogen (secondary N) is 1. The van der Waals surface area contributed by atoms with E-state index in [-0.39, 0.29) is 23.2 Å². The Bertz CT molecular complexity index is 436. The van der Waals surface area contributed by atoms with E-state index in [1.165, 1.54) is 18.2 Å². The van der Waals surface area contributed by atoms with Crippen LogP contribution in [-0.4, -0.2) is 24.0 Å². The summed E-state index contributed by atoms with van der Waals surface area (Å²) in [5.74, 6) is -0.336. The van der Waals surface area contributed by atoms with E-state index < -0.39 is 4.92 Å². The van der Waals surface area contributed by atoms with Gasteiger partial charge in [-0.25, -0.2) is 0 Å². The molecule has 1 aromatic carbocycles. The Morgan fingerprint density at radius 1 is 1.59 bits per heavy atom. The van der Waals surface area contributed by atoms with E-state index in [2.05, 4.69) is 5.32 Å². The molecule has 0 aliphatic carbocycles. The first kappa shape index (κ1) is 13.4. The highest BCUT2D eigenvalue weighted by molar-refractivity contribution is 6.33. The maximum atomic E-state index is 11.3. The first-order valence-corrected chi connectivity index (χ1v) is 5.24. The third-order valence-corrected chi connectivity index (χ3v) is 2.17. The highest BCUT2D eigenvalue weighted by Gasteiger charge is 2.12. The summed E-state index contributed by atoms with van der Waals surface area (Å²) in [6.45, 7) is 2.15. The van der Waals surface area contributed by atoms with Crippen LogP contribution in [0.1, 0.15) is 6.92 Å². The van der Waals surface area contributed by atoms with Crippen LogP contribution in [0.3, 0.4) is 0 Å². The van der Waals surface area contributed by atoms with Crippen molar-refractivity contribution in [3.8, 4) is 0 Å². The molecule has 0 fully saturated rings. The van der Waals surface area contributed by atoms with Gasteiger partial charge in [0.1, 0.15) is 11.6 Å². The number of carbonyl (C=O) groups is 1. The summed E-state index contributed by atoms with van der Waals surface area (Å²) < 4.78 is 4.91. The van der Waals surface area contributed by atoms with Gasteiger partial charge >= 0.3 is 0 Å². The number of halogens is 1. The lowest BCUT2D eigenvalue weighted by Gasteiger charge is -2.05. The van der Waals surface area contributed by atoms with Crippen molar-refractivity contribution in [1.29, 1.82) is 0 Å². The van der Waals surface area contributed by atoms with E-state index in [1.54, 1.807) is 6.92 Å². The number of carbonyl (C=O) groups excluding carboxylic acids is 1. The fourth-order valence-electron chi connectivity index (χ4n) is 1.12. The Labute approximate surface area is 103 Å². The van der Waals surface area contributed by atoms with E-state index in [9.17, 15) is 14.9 Å². The Morgan fingerprint density at radius 3 is 2.82 bits per heavy atom. The predicted octanol–water partition coefficient (Wildman–Crippen LogP) is 2.22. The molecule has 0 aliphatic heterocycles. The molecule has 0 spiro atoms. The number of hydrogen-bond donors (Lipinski definition) is 1. The van der Waals surface area contributed by atoms with Crippen molar-refractivity contribution in [2.24, 2.45) is 0 Å². The molecule has 1 amide bonds. The predicted molar refractivity (Wildman–Crippen MR) is 63.2 cm³/mol. The SMILES string of the molecule is CCOCC(=O)Nc1ccc([N+](=O)[O-])c(Cl)c1. The smallest absolute Gasteiger partial charge is 0.288 e. The van der Waals surface area contributed by atoms with Crippen molar-refractivity contribution in [3.63, 3.8) is 0 Å². The fourth-order valence-corrected chi connectivity index (χ4v) is 1.37. The van der Waals surface area contributed by atoms with Gasteiger partial charge in [0, 0.05) is 18.4 Å². The normalized spacial score (nSPS) is 10.0. The summed E-state index contributed by atoms with van der Waals surface area (Å²) in [5, 5.41) is 13.0. The number of benzene rings is 1. The van der Waals surface area contributed by atoms with Crippen LogP contribution in [0.15, 0.2) is 18.2 Å². The highest BCUT2D eigenvalue weighted by atomic mass is 35.5. The van der Waals surface area contributed by atoms with E-state index in [4.69, 9.17) is 16.3 Å². The van der Waals surface area contributed by atoms with Crippen molar-refractivity contribution in [2.45, 2.75) is 6.92 Å².